The molecule has 218 valence electrons. The summed E-state index contributed by atoms with van der Waals surface area (Å²) < 4.78 is 29.1. The Morgan fingerprint density at radius 2 is 1.38 bits per heavy atom. The van der Waals surface area contributed by atoms with Gasteiger partial charge in [-0.3, -0.25) is 13.9 Å². The molecule has 0 aromatic heterocycles. The van der Waals surface area contributed by atoms with Crippen molar-refractivity contribution in [1.82, 2.24) is 10.2 Å². The third-order valence-corrected chi connectivity index (χ3v) is 9.15. The van der Waals surface area contributed by atoms with E-state index in [2.05, 4.69) is 5.32 Å². The van der Waals surface area contributed by atoms with Gasteiger partial charge in [0.1, 0.15) is 12.6 Å². The van der Waals surface area contributed by atoms with Crippen LogP contribution in [-0.4, -0.2) is 44.8 Å². The molecule has 2 amide bonds. The number of nitrogens with one attached hydrogen (secondary N) is 1. The van der Waals surface area contributed by atoms with Crippen LogP contribution in [0, 0.1) is 6.92 Å². The normalized spacial score (nSPS) is 11.9. The van der Waals surface area contributed by atoms with Crippen molar-refractivity contribution in [3.05, 3.63) is 131 Å². The zero-order valence-electron chi connectivity index (χ0n) is 24.2. The van der Waals surface area contributed by atoms with Crippen LogP contribution in [0.25, 0.3) is 0 Å². The Hall–Kier alpha value is -4.43. The first kappa shape index (κ1) is 30.5. The van der Waals surface area contributed by atoms with Crippen molar-refractivity contribution in [2.75, 3.05) is 17.9 Å². The fraction of sp³-hybridized carbons (Fsp3) is 0.235. The van der Waals surface area contributed by atoms with Gasteiger partial charge in [0.05, 0.1) is 10.6 Å². The highest BCUT2D eigenvalue weighted by atomic mass is 32.2. The predicted molar refractivity (Wildman–Crippen MR) is 167 cm³/mol. The summed E-state index contributed by atoms with van der Waals surface area (Å²) in [4.78, 5) is 29.3. The van der Waals surface area contributed by atoms with E-state index in [-0.39, 0.29) is 23.8 Å². The second-order valence-corrected chi connectivity index (χ2v) is 12.0. The van der Waals surface area contributed by atoms with E-state index in [0.717, 1.165) is 33.0 Å². The number of likely N-dealkylation sites (N-methyl/N-ethyl adjacent to an activating group) is 1. The molecule has 7 nitrogen and oxygen atoms in total. The Morgan fingerprint density at radius 1 is 0.786 bits per heavy atom. The smallest absolute Gasteiger partial charge is 0.264 e. The standard InChI is InChI=1S/C34H37N3O4S/c1-4-27-19-21-30(22-20-27)37(42(40,41)31-17-9-6-10-18-31)25-33(38)36(24-29-16-12-11-13-26(29)2)32(34(39)35-3)23-28-14-7-5-8-15-28/h5-22,32H,4,23-25H2,1-3H3,(H,35,39)/t32-/m0/s1. The Labute approximate surface area is 248 Å². The summed E-state index contributed by atoms with van der Waals surface area (Å²) >= 11 is 0. The lowest BCUT2D eigenvalue weighted by Gasteiger charge is -2.34. The molecule has 8 heteroatoms. The molecule has 0 heterocycles. The van der Waals surface area contributed by atoms with E-state index >= 15 is 0 Å². The van der Waals surface area contributed by atoms with Crippen LogP contribution < -0.4 is 9.62 Å². The summed E-state index contributed by atoms with van der Waals surface area (Å²) in [5, 5.41) is 2.71. The first-order chi connectivity index (χ1) is 20.2. The maximum Gasteiger partial charge on any atom is 0.264 e. The minimum Gasteiger partial charge on any atom is -0.357 e. The van der Waals surface area contributed by atoms with Gasteiger partial charge >= 0.3 is 0 Å². The highest BCUT2D eigenvalue weighted by molar-refractivity contribution is 7.92. The van der Waals surface area contributed by atoms with Crippen LogP contribution in [0.4, 0.5) is 5.69 Å². The van der Waals surface area contributed by atoms with Crippen molar-refractivity contribution in [3.8, 4) is 0 Å². The van der Waals surface area contributed by atoms with E-state index in [1.807, 2.05) is 80.6 Å². The third-order valence-electron chi connectivity index (χ3n) is 7.36. The first-order valence-electron chi connectivity index (χ1n) is 14.0. The zero-order valence-corrected chi connectivity index (χ0v) is 25.1. The number of hydrogen-bond acceptors (Lipinski definition) is 4. The number of carbonyl (C=O) groups excluding carboxylic acids is 2. The molecule has 0 radical (unpaired) electrons. The van der Waals surface area contributed by atoms with Crippen molar-refractivity contribution in [1.29, 1.82) is 0 Å². The van der Waals surface area contributed by atoms with E-state index in [9.17, 15) is 18.0 Å². The van der Waals surface area contributed by atoms with Gasteiger partial charge in [0.2, 0.25) is 11.8 Å². The molecule has 0 fully saturated rings. The van der Waals surface area contributed by atoms with Crippen LogP contribution >= 0.6 is 0 Å². The molecular weight excluding hydrogens is 546 g/mol. The van der Waals surface area contributed by atoms with Crippen molar-refractivity contribution in [2.24, 2.45) is 0 Å². The fourth-order valence-electron chi connectivity index (χ4n) is 4.84. The molecule has 4 aromatic rings. The molecule has 4 rings (SSSR count). The van der Waals surface area contributed by atoms with Crippen molar-refractivity contribution in [2.45, 2.75) is 44.2 Å². The van der Waals surface area contributed by atoms with Crippen LogP contribution in [0.1, 0.15) is 29.2 Å². The number of aryl methyl sites for hydroxylation is 2. The van der Waals surface area contributed by atoms with Crippen LogP contribution in [0.3, 0.4) is 0 Å². The number of nitrogens with zero attached hydrogens (tertiary/aromatic N) is 2. The Bertz CT molecular complexity index is 1590. The van der Waals surface area contributed by atoms with Gasteiger partial charge in [-0.2, -0.15) is 0 Å². The number of benzene rings is 4. The number of carbonyl (C=O) groups is 2. The zero-order chi connectivity index (χ0) is 30.1. The number of anilines is 1. The van der Waals surface area contributed by atoms with Crippen LogP contribution in [0.5, 0.6) is 0 Å². The largest absolute Gasteiger partial charge is 0.357 e. The third kappa shape index (κ3) is 7.25. The average molecular weight is 584 g/mol. The Kier molecular flexibility index (Phi) is 10.1. The molecule has 0 bridgehead atoms. The predicted octanol–water partition coefficient (Wildman–Crippen LogP) is 5.14. The summed E-state index contributed by atoms with van der Waals surface area (Å²) in [7, 11) is -2.57. The van der Waals surface area contributed by atoms with Gasteiger partial charge in [-0.1, -0.05) is 91.9 Å². The van der Waals surface area contributed by atoms with Crippen LogP contribution in [0.15, 0.2) is 114 Å². The van der Waals surface area contributed by atoms with Gasteiger partial charge < -0.3 is 10.2 Å². The molecule has 0 spiro atoms. The second-order valence-electron chi connectivity index (χ2n) is 10.1. The van der Waals surface area contributed by atoms with Gasteiger partial charge in [0, 0.05) is 20.0 Å². The maximum atomic E-state index is 14.3. The van der Waals surface area contributed by atoms with E-state index < -0.39 is 28.5 Å². The molecule has 0 aliphatic carbocycles. The number of sulfonamides is 1. The highest BCUT2D eigenvalue weighted by Crippen LogP contribution is 2.26. The van der Waals surface area contributed by atoms with Crippen LogP contribution in [0.2, 0.25) is 0 Å². The monoisotopic (exact) mass is 583 g/mol. The molecular formula is C34H37N3O4S. The number of hydrogen-bond donors (Lipinski definition) is 1. The molecule has 42 heavy (non-hydrogen) atoms. The molecule has 4 aromatic carbocycles. The minimum atomic E-state index is -4.11. The number of amides is 2. The van der Waals surface area contributed by atoms with Gasteiger partial charge in [-0.25, -0.2) is 8.42 Å². The highest BCUT2D eigenvalue weighted by Gasteiger charge is 2.34. The van der Waals surface area contributed by atoms with Crippen LogP contribution in [-0.2, 0) is 39.0 Å². The minimum absolute atomic E-state index is 0.0787. The van der Waals surface area contributed by atoms with E-state index in [1.54, 1.807) is 30.3 Å². The molecule has 0 aliphatic heterocycles. The molecule has 1 N–H and O–H groups in total. The van der Waals surface area contributed by atoms with E-state index in [0.29, 0.717) is 5.69 Å². The fourth-order valence-corrected chi connectivity index (χ4v) is 6.27. The summed E-state index contributed by atoms with van der Waals surface area (Å²) in [6, 6.07) is 31.5. The van der Waals surface area contributed by atoms with E-state index in [4.69, 9.17) is 0 Å². The summed E-state index contributed by atoms with van der Waals surface area (Å²) in [5.41, 5.74) is 4.15. The lowest BCUT2D eigenvalue weighted by molar-refractivity contribution is -0.139. The van der Waals surface area contributed by atoms with Crippen molar-refractivity contribution in [3.63, 3.8) is 0 Å². The van der Waals surface area contributed by atoms with Crippen molar-refractivity contribution < 1.29 is 18.0 Å². The molecule has 0 aliphatic rings. The van der Waals surface area contributed by atoms with Gasteiger partial charge in [-0.05, 0) is 59.9 Å². The van der Waals surface area contributed by atoms with Crippen molar-refractivity contribution >= 4 is 27.5 Å². The van der Waals surface area contributed by atoms with Gasteiger partial charge in [0.15, 0.2) is 0 Å². The molecule has 0 saturated heterocycles. The van der Waals surface area contributed by atoms with Gasteiger partial charge in [-0.15, -0.1) is 0 Å². The average Bonchev–Trinajstić information content (AvgIpc) is 3.02. The topological polar surface area (TPSA) is 86.8 Å². The maximum absolute atomic E-state index is 14.3. The molecule has 1 atom stereocenters. The SMILES string of the molecule is CCc1ccc(N(CC(=O)N(Cc2ccccc2C)[C@@H](Cc2ccccc2)C(=O)NC)S(=O)(=O)c2ccccc2)cc1. The van der Waals surface area contributed by atoms with Gasteiger partial charge in [0.25, 0.3) is 10.0 Å². The first-order valence-corrected chi connectivity index (χ1v) is 15.4. The molecule has 0 unspecified atom stereocenters. The lowest BCUT2D eigenvalue weighted by Crippen LogP contribution is -2.53. The Morgan fingerprint density at radius 3 is 1.98 bits per heavy atom. The van der Waals surface area contributed by atoms with E-state index in [1.165, 1.54) is 24.1 Å². The second kappa shape index (κ2) is 14.0. The quantitative estimate of drug-likeness (QED) is 0.250. The lowest BCUT2D eigenvalue weighted by atomic mass is 10.0. The summed E-state index contributed by atoms with van der Waals surface area (Å²) in [6.45, 7) is 3.64. The number of rotatable bonds is 12. The summed E-state index contributed by atoms with van der Waals surface area (Å²) in [6.07, 6.45) is 1.07. The Balaban J connectivity index is 1.79. The molecule has 0 saturated carbocycles. The summed E-state index contributed by atoms with van der Waals surface area (Å²) in [5.74, 6) is -0.813.